The second-order valence-corrected chi connectivity index (χ2v) is 17.8. The maximum Gasteiger partial charge on any atom is 0.222 e. The van der Waals surface area contributed by atoms with Gasteiger partial charge in [0.2, 0.25) is 5.91 Å². The highest BCUT2D eigenvalue weighted by Gasteiger charge is 2.20. The van der Waals surface area contributed by atoms with Crippen LogP contribution in [0.2, 0.25) is 0 Å². The van der Waals surface area contributed by atoms with E-state index < -0.39 is 18.2 Å². The fourth-order valence-electron chi connectivity index (χ4n) is 7.96. The molecule has 0 spiro atoms. The maximum atomic E-state index is 12.5. The standard InChI is InChI=1S/C53H101NO4/c1-3-5-7-9-11-13-15-17-19-21-23-25-27-28-30-32-34-36-38-40-42-44-46-50(56)48-53(58)54-51(49-55)52(57)47-45-43-41-39-37-35-33-31-29-26-24-22-20-18-16-14-12-10-8-6-4-2/h29,31,37,39,45,47,50-52,55-57H,3-28,30,32-36,38,40-44,46,48-49H2,1-2H3,(H,54,58)/b31-29+,39-37+,47-45+. The summed E-state index contributed by atoms with van der Waals surface area (Å²) in [5, 5.41) is 33.3. The van der Waals surface area contributed by atoms with Gasteiger partial charge >= 0.3 is 0 Å². The molecule has 0 radical (unpaired) electrons. The molecule has 4 N–H and O–H groups in total. The molecule has 5 nitrogen and oxygen atoms in total. The number of hydrogen-bond acceptors (Lipinski definition) is 4. The summed E-state index contributed by atoms with van der Waals surface area (Å²) >= 11 is 0. The third-order valence-electron chi connectivity index (χ3n) is 11.9. The van der Waals surface area contributed by atoms with Crippen LogP contribution in [-0.4, -0.2) is 46.1 Å². The van der Waals surface area contributed by atoms with E-state index >= 15 is 0 Å². The van der Waals surface area contributed by atoms with Gasteiger partial charge in [-0.3, -0.25) is 4.79 Å². The van der Waals surface area contributed by atoms with Crippen molar-refractivity contribution in [2.45, 2.75) is 289 Å². The highest BCUT2D eigenvalue weighted by atomic mass is 16.3. The summed E-state index contributed by atoms with van der Waals surface area (Å²) < 4.78 is 0. The predicted octanol–water partition coefficient (Wildman–Crippen LogP) is 15.5. The first-order valence-electron chi connectivity index (χ1n) is 25.8. The van der Waals surface area contributed by atoms with E-state index in [2.05, 4.69) is 43.5 Å². The van der Waals surface area contributed by atoms with Gasteiger partial charge in [0.05, 0.1) is 31.3 Å². The fourth-order valence-corrected chi connectivity index (χ4v) is 7.96. The molecule has 3 unspecified atom stereocenters. The zero-order valence-electron chi connectivity index (χ0n) is 38.9. The van der Waals surface area contributed by atoms with Gasteiger partial charge in [-0.05, 0) is 44.9 Å². The third kappa shape index (κ3) is 44.1. The Morgan fingerprint density at radius 1 is 0.431 bits per heavy atom. The summed E-state index contributed by atoms with van der Waals surface area (Å²) in [6.45, 7) is 4.22. The summed E-state index contributed by atoms with van der Waals surface area (Å²) in [5.74, 6) is -0.325. The van der Waals surface area contributed by atoms with Crippen LogP contribution in [0.5, 0.6) is 0 Å². The molecule has 0 aliphatic carbocycles. The van der Waals surface area contributed by atoms with E-state index in [9.17, 15) is 20.1 Å². The van der Waals surface area contributed by atoms with Crippen molar-refractivity contribution in [3.05, 3.63) is 36.5 Å². The van der Waals surface area contributed by atoms with Crippen molar-refractivity contribution >= 4 is 5.91 Å². The Bertz CT molecular complexity index is 901. The molecule has 3 atom stereocenters. The van der Waals surface area contributed by atoms with Crippen LogP contribution in [-0.2, 0) is 4.79 Å². The lowest BCUT2D eigenvalue weighted by molar-refractivity contribution is -0.124. The van der Waals surface area contributed by atoms with Gasteiger partial charge in [-0.15, -0.1) is 0 Å². The average molecular weight is 816 g/mol. The Kier molecular flexibility index (Phi) is 47.0. The predicted molar refractivity (Wildman–Crippen MR) is 254 cm³/mol. The van der Waals surface area contributed by atoms with E-state index in [1.807, 2.05) is 6.08 Å². The molecule has 0 aliphatic heterocycles. The molecule has 0 fully saturated rings. The molecule has 0 aromatic carbocycles. The van der Waals surface area contributed by atoms with E-state index in [0.29, 0.717) is 6.42 Å². The molecule has 0 bridgehead atoms. The summed E-state index contributed by atoms with van der Waals surface area (Å²) in [6.07, 6.45) is 61.7. The van der Waals surface area contributed by atoms with Crippen molar-refractivity contribution in [3.63, 3.8) is 0 Å². The minimum Gasteiger partial charge on any atom is -0.394 e. The van der Waals surface area contributed by atoms with E-state index in [1.165, 1.54) is 205 Å². The average Bonchev–Trinajstić information content (AvgIpc) is 3.22. The van der Waals surface area contributed by atoms with Crippen LogP contribution in [0, 0.1) is 0 Å². The number of allylic oxidation sites excluding steroid dienone is 5. The topological polar surface area (TPSA) is 89.8 Å². The number of amides is 1. The molecule has 342 valence electrons. The number of aliphatic hydroxyl groups excluding tert-OH is 3. The Hall–Kier alpha value is -1.43. The first-order valence-corrected chi connectivity index (χ1v) is 25.8. The van der Waals surface area contributed by atoms with Crippen LogP contribution in [0.1, 0.15) is 271 Å². The molecule has 0 aromatic rings. The van der Waals surface area contributed by atoms with E-state index in [-0.39, 0.29) is 18.9 Å². The van der Waals surface area contributed by atoms with E-state index in [1.54, 1.807) is 6.08 Å². The lowest BCUT2D eigenvalue weighted by Gasteiger charge is -2.21. The number of carbonyl (C=O) groups is 1. The Morgan fingerprint density at radius 3 is 1.10 bits per heavy atom. The molecule has 0 heterocycles. The normalized spacial score (nSPS) is 13.7. The minimum atomic E-state index is -0.959. The van der Waals surface area contributed by atoms with Crippen molar-refractivity contribution in [1.29, 1.82) is 0 Å². The van der Waals surface area contributed by atoms with Gasteiger partial charge in [0.15, 0.2) is 0 Å². The number of hydrogen-bond donors (Lipinski definition) is 4. The SMILES string of the molecule is CCCCCCCCCCCCC/C=C/CC/C=C/CC/C=C/C(O)C(CO)NC(=O)CC(O)CCCCCCCCCCCCCCCCCCCCCCCC. The highest BCUT2D eigenvalue weighted by Crippen LogP contribution is 2.17. The van der Waals surface area contributed by atoms with E-state index in [4.69, 9.17) is 0 Å². The molecular formula is C53H101NO4. The van der Waals surface area contributed by atoms with Crippen molar-refractivity contribution in [2.75, 3.05) is 6.61 Å². The summed E-state index contributed by atoms with van der Waals surface area (Å²) in [7, 11) is 0. The zero-order chi connectivity index (χ0) is 42.3. The molecular weight excluding hydrogens is 715 g/mol. The Morgan fingerprint density at radius 2 is 0.741 bits per heavy atom. The molecule has 0 saturated heterocycles. The van der Waals surface area contributed by atoms with Crippen molar-refractivity contribution < 1.29 is 20.1 Å². The van der Waals surface area contributed by atoms with E-state index in [0.717, 1.165) is 38.5 Å². The van der Waals surface area contributed by atoms with Crippen molar-refractivity contribution in [1.82, 2.24) is 5.32 Å². The van der Waals surface area contributed by atoms with Crippen molar-refractivity contribution in [3.8, 4) is 0 Å². The van der Waals surface area contributed by atoms with Gasteiger partial charge in [0.25, 0.3) is 0 Å². The molecule has 58 heavy (non-hydrogen) atoms. The molecule has 0 saturated carbocycles. The van der Waals surface area contributed by atoms with Crippen molar-refractivity contribution in [2.24, 2.45) is 0 Å². The fraction of sp³-hybridized carbons (Fsp3) is 0.868. The second kappa shape index (κ2) is 48.2. The van der Waals surface area contributed by atoms with Gasteiger partial charge in [-0.2, -0.15) is 0 Å². The summed E-state index contributed by atoms with van der Waals surface area (Å²) in [4.78, 5) is 12.5. The van der Waals surface area contributed by atoms with Crippen LogP contribution in [0.3, 0.4) is 0 Å². The van der Waals surface area contributed by atoms with Crippen LogP contribution >= 0.6 is 0 Å². The minimum absolute atomic E-state index is 0.00549. The number of rotatable bonds is 47. The third-order valence-corrected chi connectivity index (χ3v) is 11.9. The van der Waals surface area contributed by atoms with Crippen LogP contribution in [0.15, 0.2) is 36.5 Å². The smallest absolute Gasteiger partial charge is 0.222 e. The highest BCUT2D eigenvalue weighted by molar-refractivity contribution is 5.76. The van der Waals surface area contributed by atoms with Gasteiger partial charge < -0.3 is 20.6 Å². The number of nitrogens with one attached hydrogen (secondary N) is 1. The number of aliphatic hydroxyl groups is 3. The van der Waals surface area contributed by atoms with Crippen LogP contribution in [0.4, 0.5) is 0 Å². The number of carbonyl (C=O) groups excluding carboxylic acids is 1. The lowest BCUT2D eigenvalue weighted by Crippen LogP contribution is -2.45. The second-order valence-electron chi connectivity index (χ2n) is 17.8. The Labute approximate surface area is 362 Å². The monoisotopic (exact) mass is 816 g/mol. The summed E-state index contributed by atoms with van der Waals surface area (Å²) in [6, 6.07) is -0.766. The molecule has 0 aliphatic rings. The van der Waals surface area contributed by atoms with Crippen LogP contribution in [0.25, 0.3) is 0 Å². The van der Waals surface area contributed by atoms with Crippen LogP contribution < -0.4 is 5.32 Å². The Balaban J connectivity index is 3.65. The molecule has 0 aromatic heterocycles. The number of unbranched alkanes of at least 4 members (excludes halogenated alkanes) is 34. The molecule has 0 rings (SSSR count). The van der Waals surface area contributed by atoms with Gasteiger partial charge in [-0.25, -0.2) is 0 Å². The quantitative estimate of drug-likeness (QED) is 0.0364. The molecule has 5 heteroatoms. The first-order chi connectivity index (χ1) is 28.5. The zero-order valence-corrected chi connectivity index (χ0v) is 38.9. The van der Waals surface area contributed by atoms with Gasteiger partial charge in [0, 0.05) is 0 Å². The summed E-state index contributed by atoms with van der Waals surface area (Å²) in [5.41, 5.74) is 0. The molecule has 1 amide bonds. The van der Waals surface area contributed by atoms with Gasteiger partial charge in [0.1, 0.15) is 0 Å². The first kappa shape index (κ1) is 56.6. The largest absolute Gasteiger partial charge is 0.394 e. The maximum absolute atomic E-state index is 12.5. The lowest BCUT2D eigenvalue weighted by atomic mass is 10.0. The van der Waals surface area contributed by atoms with Gasteiger partial charge in [-0.1, -0.05) is 256 Å².